The van der Waals surface area contributed by atoms with Gasteiger partial charge in [0.15, 0.2) is 5.92 Å². The van der Waals surface area contributed by atoms with Crippen LogP contribution in [0.1, 0.15) is 44.6 Å². The monoisotopic (exact) mass is 332 g/mol. The number of esters is 2. The summed E-state index contributed by atoms with van der Waals surface area (Å²) in [5, 5.41) is 0. The summed E-state index contributed by atoms with van der Waals surface area (Å²) in [6, 6.07) is 9.24. The number of hydrogen-bond donors (Lipinski definition) is 0. The van der Waals surface area contributed by atoms with Crippen molar-refractivity contribution in [3.05, 3.63) is 35.9 Å². The molecule has 2 rings (SSSR count). The summed E-state index contributed by atoms with van der Waals surface area (Å²) in [6.45, 7) is 3.74. The largest absolute Gasteiger partial charge is 0.465 e. The van der Waals surface area contributed by atoms with Crippen LogP contribution in [0.3, 0.4) is 0 Å². The Morgan fingerprint density at radius 1 is 1.08 bits per heavy atom. The highest BCUT2D eigenvalue weighted by Crippen LogP contribution is 2.41. The molecule has 0 heterocycles. The van der Waals surface area contributed by atoms with E-state index in [9.17, 15) is 14.4 Å². The van der Waals surface area contributed by atoms with Gasteiger partial charge in [0, 0.05) is 18.3 Å². The molecule has 0 spiro atoms. The fourth-order valence-electron chi connectivity index (χ4n) is 3.41. The van der Waals surface area contributed by atoms with E-state index in [2.05, 4.69) is 0 Å². The third-order valence-corrected chi connectivity index (χ3v) is 4.41. The molecule has 5 nitrogen and oxygen atoms in total. The molecule has 1 saturated carbocycles. The summed E-state index contributed by atoms with van der Waals surface area (Å²) >= 11 is 0. The third-order valence-electron chi connectivity index (χ3n) is 4.41. The van der Waals surface area contributed by atoms with Crippen LogP contribution in [-0.2, 0) is 23.9 Å². The Labute approximate surface area is 142 Å². The van der Waals surface area contributed by atoms with E-state index >= 15 is 0 Å². The summed E-state index contributed by atoms with van der Waals surface area (Å²) in [5.74, 6) is -3.15. The molecule has 1 aliphatic rings. The number of Topliss-reactive ketones (excluding diaryl/α,β-unsaturated/α-hetero) is 1. The van der Waals surface area contributed by atoms with Gasteiger partial charge in [0.05, 0.1) is 13.2 Å². The minimum atomic E-state index is -1.11. The molecule has 5 heteroatoms. The van der Waals surface area contributed by atoms with Crippen molar-refractivity contribution in [2.45, 2.75) is 39.0 Å². The summed E-state index contributed by atoms with van der Waals surface area (Å²) < 4.78 is 10.2. The highest BCUT2D eigenvalue weighted by Gasteiger charge is 2.45. The van der Waals surface area contributed by atoms with E-state index in [0.29, 0.717) is 12.8 Å². The van der Waals surface area contributed by atoms with Crippen LogP contribution in [0.15, 0.2) is 30.3 Å². The molecule has 24 heavy (non-hydrogen) atoms. The first-order valence-corrected chi connectivity index (χ1v) is 8.51. The lowest BCUT2D eigenvalue weighted by molar-refractivity contribution is -0.163. The molecule has 0 bridgehead atoms. The molecule has 1 fully saturated rings. The molecule has 0 unspecified atom stereocenters. The Morgan fingerprint density at radius 2 is 1.67 bits per heavy atom. The lowest BCUT2D eigenvalue weighted by Gasteiger charge is -2.28. The number of benzene rings is 1. The molecule has 130 valence electrons. The predicted octanol–water partition coefficient (Wildman–Crippen LogP) is 2.88. The van der Waals surface area contributed by atoms with Crippen LogP contribution in [0, 0.1) is 11.8 Å². The Bertz CT molecular complexity index is 563. The van der Waals surface area contributed by atoms with Gasteiger partial charge in [-0.2, -0.15) is 0 Å². The zero-order chi connectivity index (χ0) is 17.5. The number of rotatable bonds is 7. The van der Waals surface area contributed by atoms with Gasteiger partial charge in [-0.3, -0.25) is 14.4 Å². The number of hydrogen-bond acceptors (Lipinski definition) is 5. The van der Waals surface area contributed by atoms with Gasteiger partial charge >= 0.3 is 11.9 Å². The predicted molar refractivity (Wildman–Crippen MR) is 88.3 cm³/mol. The van der Waals surface area contributed by atoms with Crippen LogP contribution in [0.2, 0.25) is 0 Å². The summed E-state index contributed by atoms with van der Waals surface area (Å²) in [7, 11) is 0. The van der Waals surface area contributed by atoms with E-state index in [1.807, 2.05) is 30.3 Å². The zero-order valence-corrected chi connectivity index (χ0v) is 14.2. The third kappa shape index (κ3) is 4.02. The first-order chi connectivity index (χ1) is 11.6. The lowest BCUT2D eigenvalue weighted by atomic mass is 9.75. The molecule has 0 amide bonds. The molecule has 0 aliphatic heterocycles. The van der Waals surface area contributed by atoms with Crippen molar-refractivity contribution in [1.82, 2.24) is 0 Å². The maximum atomic E-state index is 12.5. The van der Waals surface area contributed by atoms with Crippen molar-refractivity contribution in [3.63, 3.8) is 0 Å². The number of ketones is 1. The summed E-state index contributed by atoms with van der Waals surface area (Å²) in [5.41, 5.74) is 0.795. The molecule has 0 saturated heterocycles. The van der Waals surface area contributed by atoms with Crippen LogP contribution in [0.25, 0.3) is 0 Å². The number of ether oxygens (including phenoxy) is 2. The van der Waals surface area contributed by atoms with Gasteiger partial charge in [-0.1, -0.05) is 30.3 Å². The maximum Gasteiger partial charge on any atom is 0.320 e. The van der Waals surface area contributed by atoms with Gasteiger partial charge in [0.1, 0.15) is 5.78 Å². The quantitative estimate of drug-likeness (QED) is 0.567. The Kier molecular flexibility index (Phi) is 6.53. The lowest BCUT2D eigenvalue weighted by Crippen LogP contribution is -2.37. The zero-order valence-electron chi connectivity index (χ0n) is 14.2. The van der Waals surface area contributed by atoms with E-state index < -0.39 is 23.8 Å². The SMILES string of the molecule is CCOC(=O)C(C(=O)OCC)[C@@H](c1ccccc1)[C@H]1CCCC1=O. The van der Waals surface area contributed by atoms with Gasteiger partial charge in [-0.25, -0.2) is 0 Å². The maximum absolute atomic E-state index is 12.5. The Hall–Kier alpha value is -2.17. The smallest absolute Gasteiger partial charge is 0.320 e. The standard InChI is InChI=1S/C19H24O5/c1-3-23-18(21)17(19(22)24-4-2)16(13-9-6-5-7-10-13)14-11-8-12-15(14)20/h5-7,9-10,14,16-17H,3-4,8,11-12H2,1-2H3/t14-,16-/m0/s1. The molecule has 2 atom stereocenters. The molecule has 1 aliphatic carbocycles. The number of carbonyl (C=O) groups excluding carboxylic acids is 3. The van der Waals surface area contributed by atoms with Crippen molar-refractivity contribution < 1.29 is 23.9 Å². The second kappa shape index (κ2) is 8.62. The summed E-state index contributed by atoms with van der Waals surface area (Å²) in [6.07, 6.45) is 1.95. The normalized spacial score (nSPS) is 18.5. The molecular formula is C19H24O5. The van der Waals surface area contributed by atoms with Gasteiger partial charge in [0.2, 0.25) is 0 Å². The van der Waals surface area contributed by atoms with Gasteiger partial charge in [-0.05, 0) is 32.3 Å². The fraction of sp³-hybridized carbons (Fsp3) is 0.526. The van der Waals surface area contributed by atoms with E-state index in [1.165, 1.54) is 0 Å². The first-order valence-electron chi connectivity index (χ1n) is 8.51. The van der Waals surface area contributed by atoms with Crippen LogP contribution in [0.5, 0.6) is 0 Å². The molecule has 0 N–H and O–H groups in total. The van der Waals surface area contributed by atoms with Crippen LogP contribution in [0.4, 0.5) is 0 Å². The summed E-state index contributed by atoms with van der Waals surface area (Å²) in [4.78, 5) is 37.4. The van der Waals surface area contributed by atoms with Gasteiger partial charge < -0.3 is 9.47 Å². The van der Waals surface area contributed by atoms with Gasteiger partial charge in [0.25, 0.3) is 0 Å². The van der Waals surface area contributed by atoms with Gasteiger partial charge in [-0.15, -0.1) is 0 Å². The van der Waals surface area contributed by atoms with E-state index in [0.717, 1.165) is 12.0 Å². The van der Waals surface area contributed by atoms with Crippen LogP contribution in [-0.4, -0.2) is 30.9 Å². The van der Waals surface area contributed by atoms with E-state index in [-0.39, 0.29) is 24.9 Å². The topological polar surface area (TPSA) is 69.7 Å². The average molecular weight is 332 g/mol. The second-order valence-electron chi connectivity index (χ2n) is 5.88. The van der Waals surface area contributed by atoms with Crippen molar-refractivity contribution in [2.24, 2.45) is 11.8 Å². The highest BCUT2D eigenvalue weighted by molar-refractivity contribution is 5.97. The molecule has 0 radical (unpaired) electrons. The first kappa shape index (κ1) is 18.2. The van der Waals surface area contributed by atoms with Crippen molar-refractivity contribution >= 4 is 17.7 Å². The van der Waals surface area contributed by atoms with E-state index in [1.54, 1.807) is 13.8 Å². The molecule has 0 aromatic heterocycles. The van der Waals surface area contributed by atoms with Crippen LogP contribution < -0.4 is 0 Å². The molecular weight excluding hydrogens is 308 g/mol. The Morgan fingerprint density at radius 3 is 2.12 bits per heavy atom. The molecule has 1 aromatic carbocycles. The minimum Gasteiger partial charge on any atom is -0.465 e. The second-order valence-corrected chi connectivity index (χ2v) is 5.88. The fourth-order valence-corrected chi connectivity index (χ4v) is 3.41. The number of carbonyl (C=O) groups is 3. The Balaban J connectivity index is 2.45. The van der Waals surface area contributed by atoms with Crippen molar-refractivity contribution in [1.29, 1.82) is 0 Å². The molecule has 1 aromatic rings. The van der Waals surface area contributed by atoms with E-state index in [4.69, 9.17) is 9.47 Å². The van der Waals surface area contributed by atoms with Crippen molar-refractivity contribution in [3.8, 4) is 0 Å². The van der Waals surface area contributed by atoms with Crippen LogP contribution >= 0.6 is 0 Å². The van der Waals surface area contributed by atoms with Crippen molar-refractivity contribution in [2.75, 3.05) is 13.2 Å². The minimum absolute atomic E-state index is 0.0995. The average Bonchev–Trinajstić information content (AvgIpc) is 2.99. The highest BCUT2D eigenvalue weighted by atomic mass is 16.6.